The van der Waals surface area contributed by atoms with Crippen LogP contribution in [0.15, 0.2) is 16.5 Å². The Bertz CT molecular complexity index is 436. The molecule has 1 heterocycles. The first-order valence-electron chi connectivity index (χ1n) is 5.14. The summed E-state index contributed by atoms with van der Waals surface area (Å²) in [5, 5.41) is 11.7. The summed E-state index contributed by atoms with van der Waals surface area (Å²) in [6.07, 6.45) is 0. The predicted molar refractivity (Wildman–Crippen MR) is 60.5 cm³/mol. The SMILES string of the molecule is CC(NC(C)(C)C(N)=O)c1ccc(C(=O)O)o1. The molecule has 6 nitrogen and oxygen atoms in total. The van der Waals surface area contributed by atoms with Gasteiger partial charge in [0, 0.05) is 0 Å². The molecule has 0 bridgehead atoms. The standard InChI is InChI=1S/C11H16N2O4/c1-6(13-11(2,3)10(12)16)7-4-5-8(17-7)9(14)15/h4-6,13H,1-3H3,(H2,12,16)(H,14,15). The average molecular weight is 240 g/mol. The van der Waals surface area contributed by atoms with E-state index in [1.807, 2.05) is 0 Å². The molecule has 0 aromatic carbocycles. The number of nitrogens with one attached hydrogen (secondary N) is 1. The molecule has 1 amide bonds. The molecule has 0 fully saturated rings. The summed E-state index contributed by atoms with van der Waals surface area (Å²) in [6.45, 7) is 5.05. The molecule has 0 spiro atoms. The Hall–Kier alpha value is -1.82. The van der Waals surface area contributed by atoms with Crippen LogP contribution < -0.4 is 11.1 Å². The molecule has 94 valence electrons. The number of carbonyl (C=O) groups is 2. The highest BCUT2D eigenvalue weighted by molar-refractivity contribution is 5.84. The maximum Gasteiger partial charge on any atom is 0.371 e. The predicted octanol–water partition coefficient (Wildman–Crippen LogP) is 0.892. The van der Waals surface area contributed by atoms with Gasteiger partial charge in [0.15, 0.2) is 0 Å². The van der Waals surface area contributed by atoms with Crippen LogP contribution in [0.2, 0.25) is 0 Å². The van der Waals surface area contributed by atoms with Crippen LogP contribution in [0, 0.1) is 0 Å². The maximum atomic E-state index is 11.1. The summed E-state index contributed by atoms with van der Waals surface area (Å²) in [4.78, 5) is 21.8. The quantitative estimate of drug-likeness (QED) is 0.708. The molecule has 0 aliphatic rings. The van der Waals surface area contributed by atoms with Crippen LogP contribution in [-0.4, -0.2) is 22.5 Å². The van der Waals surface area contributed by atoms with Crippen molar-refractivity contribution in [1.29, 1.82) is 0 Å². The molecular weight excluding hydrogens is 224 g/mol. The van der Waals surface area contributed by atoms with Crippen LogP contribution in [0.4, 0.5) is 0 Å². The Morgan fingerprint density at radius 1 is 1.47 bits per heavy atom. The summed E-state index contributed by atoms with van der Waals surface area (Å²) in [5.41, 5.74) is 4.33. The summed E-state index contributed by atoms with van der Waals surface area (Å²) in [6, 6.07) is 2.61. The first-order chi connectivity index (χ1) is 7.74. The third-order valence-electron chi connectivity index (χ3n) is 2.46. The minimum absolute atomic E-state index is 0.134. The van der Waals surface area contributed by atoms with Crippen molar-refractivity contribution in [1.82, 2.24) is 5.32 Å². The average Bonchev–Trinajstić information content (AvgIpc) is 2.65. The molecule has 6 heteroatoms. The van der Waals surface area contributed by atoms with Crippen LogP contribution in [0.25, 0.3) is 0 Å². The summed E-state index contributed by atoms with van der Waals surface area (Å²) in [5.74, 6) is -1.31. The lowest BCUT2D eigenvalue weighted by Crippen LogP contribution is -2.51. The van der Waals surface area contributed by atoms with Gasteiger partial charge < -0.3 is 15.3 Å². The second-order valence-corrected chi connectivity index (χ2v) is 4.36. The Morgan fingerprint density at radius 2 is 2.06 bits per heavy atom. The lowest BCUT2D eigenvalue weighted by Gasteiger charge is -2.25. The van der Waals surface area contributed by atoms with Crippen molar-refractivity contribution in [2.45, 2.75) is 32.4 Å². The van der Waals surface area contributed by atoms with E-state index in [1.165, 1.54) is 6.07 Å². The fourth-order valence-electron chi connectivity index (χ4n) is 1.38. The number of hydrogen-bond donors (Lipinski definition) is 3. The monoisotopic (exact) mass is 240 g/mol. The lowest BCUT2D eigenvalue weighted by molar-refractivity contribution is -0.123. The Kier molecular flexibility index (Phi) is 3.57. The highest BCUT2D eigenvalue weighted by Crippen LogP contribution is 2.19. The van der Waals surface area contributed by atoms with Gasteiger partial charge in [-0.3, -0.25) is 10.1 Å². The fraction of sp³-hybridized carbons (Fsp3) is 0.455. The van der Waals surface area contributed by atoms with Crippen molar-refractivity contribution in [2.75, 3.05) is 0 Å². The molecule has 0 aliphatic carbocycles. The van der Waals surface area contributed by atoms with Gasteiger partial charge in [0.05, 0.1) is 11.6 Å². The minimum Gasteiger partial charge on any atom is -0.475 e. The summed E-state index contributed by atoms with van der Waals surface area (Å²) >= 11 is 0. The number of primary amides is 1. The molecule has 0 aliphatic heterocycles. The topological polar surface area (TPSA) is 106 Å². The molecule has 1 unspecified atom stereocenters. The van der Waals surface area contributed by atoms with E-state index in [9.17, 15) is 9.59 Å². The van der Waals surface area contributed by atoms with Crippen molar-refractivity contribution in [3.8, 4) is 0 Å². The minimum atomic E-state index is -1.13. The van der Waals surface area contributed by atoms with E-state index in [0.29, 0.717) is 5.76 Å². The van der Waals surface area contributed by atoms with Gasteiger partial charge in [0.1, 0.15) is 5.76 Å². The van der Waals surface area contributed by atoms with Crippen molar-refractivity contribution in [3.05, 3.63) is 23.7 Å². The molecule has 1 aromatic heterocycles. The Balaban J connectivity index is 2.79. The number of furan rings is 1. The number of carbonyl (C=O) groups excluding carboxylic acids is 1. The Labute approximate surface area is 98.8 Å². The molecule has 0 saturated heterocycles. The van der Waals surface area contributed by atoms with E-state index in [0.717, 1.165) is 0 Å². The van der Waals surface area contributed by atoms with Gasteiger partial charge in [-0.25, -0.2) is 4.79 Å². The van der Waals surface area contributed by atoms with Crippen molar-refractivity contribution in [3.63, 3.8) is 0 Å². The number of aromatic carboxylic acids is 1. The zero-order valence-electron chi connectivity index (χ0n) is 9.98. The molecular formula is C11H16N2O4. The van der Waals surface area contributed by atoms with Crippen LogP contribution in [0.1, 0.15) is 43.1 Å². The van der Waals surface area contributed by atoms with E-state index < -0.39 is 17.4 Å². The fourth-order valence-corrected chi connectivity index (χ4v) is 1.38. The molecule has 0 saturated carbocycles. The molecule has 0 radical (unpaired) electrons. The third-order valence-corrected chi connectivity index (χ3v) is 2.46. The number of carboxylic acid groups (broad SMARTS) is 1. The van der Waals surface area contributed by atoms with E-state index in [4.69, 9.17) is 15.3 Å². The van der Waals surface area contributed by atoms with E-state index >= 15 is 0 Å². The summed E-state index contributed by atoms with van der Waals surface area (Å²) in [7, 11) is 0. The lowest BCUT2D eigenvalue weighted by atomic mass is 10.0. The van der Waals surface area contributed by atoms with Crippen molar-refractivity contribution < 1.29 is 19.1 Å². The smallest absolute Gasteiger partial charge is 0.371 e. The first-order valence-corrected chi connectivity index (χ1v) is 5.14. The van der Waals surface area contributed by atoms with Gasteiger partial charge in [-0.2, -0.15) is 0 Å². The van der Waals surface area contributed by atoms with E-state index in [-0.39, 0.29) is 11.8 Å². The van der Waals surface area contributed by atoms with Gasteiger partial charge in [0.25, 0.3) is 0 Å². The van der Waals surface area contributed by atoms with Gasteiger partial charge in [-0.15, -0.1) is 0 Å². The zero-order chi connectivity index (χ0) is 13.2. The number of rotatable bonds is 5. The number of hydrogen-bond acceptors (Lipinski definition) is 4. The van der Waals surface area contributed by atoms with Gasteiger partial charge in [-0.05, 0) is 32.9 Å². The van der Waals surface area contributed by atoms with Crippen molar-refractivity contribution >= 4 is 11.9 Å². The molecule has 4 N–H and O–H groups in total. The second kappa shape index (κ2) is 4.58. The van der Waals surface area contributed by atoms with Gasteiger partial charge in [-0.1, -0.05) is 0 Å². The molecule has 1 atom stereocenters. The van der Waals surface area contributed by atoms with Crippen LogP contribution in [0.5, 0.6) is 0 Å². The molecule has 1 aromatic rings. The van der Waals surface area contributed by atoms with Crippen LogP contribution in [-0.2, 0) is 4.79 Å². The Morgan fingerprint density at radius 3 is 2.47 bits per heavy atom. The number of amides is 1. The zero-order valence-corrected chi connectivity index (χ0v) is 9.98. The first kappa shape index (κ1) is 13.2. The molecule has 1 rings (SSSR count). The van der Waals surface area contributed by atoms with Gasteiger partial charge in [0.2, 0.25) is 11.7 Å². The van der Waals surface area contributed by atoms with Crippen LogP contribution in [0.3, 0.4) is 0 Å². The van der Waals surface area contributed by atoms with E-state index in [1.54, 1.807) is 26.8 Å². The summed E-state index contributed by atoms with van der Waals surface area (Å²) < 4.78 is 5.12. The molecule has 17 heavy (non-hydrogen) atoms. The number of carboxylic acids is 1. The van der Waals surface area contributed by atoms with Crippen LogP contribution >= 0.6 is 0 Å². The van der Waals surface area contributed by atoms with E-state index in [2.05, 4.69) is 5.32 Å². The highest BCUT2D eigenvalue weighted by Gasteiger charge is 2.28. The van der Waals surface area contributed by atoms with Gasteiger partial charge >= 0.3 is 5.97 Å². The maximum absolute atomic E-state index is 11.1. The third kappa shape index (κ3) is 3.07. The largest absolute Gasteiger partial charge is 0.475 e. The normalized spacial score (nSPS) is 13.4. The highest BCUT2D eigenvalue weighted by atomic mass is 16.4. The number of nitrogens with two attached hydrogens (primary N) is 1. The van der Waals surface area contributed by atoms with Crippen molar-refractivity contribution in [2.24, 2.45) is 5.73 Å². The second-order valence-electron chi connectivity index (χ2n) is 4.36.